The minimum absolute atomic E-state index is 0.0814. The third kappa shape index (κ3) is 4.69. The molecule has 1 saturated heterocycles. The zero-order valence-electron chi connectivity index (χ0n) is 20.8. The van der Waals surface area contributed by atoms with Gasteiger partial charge in [-0.1, -0.05) is 17.7 Å². The molecule has 0 saturated carbocycles. The van der Waals surface area contributed by atoms with Crippen LogP contribution < -0.4 is 5.32 Å². The minimum Gasteiger partial charge on any atom is -0.328 e. The number of nitrogens with one attached hydrogen (secondary N) is 1. The molecular formula is C26H25ClF3N5O3. The Labute approximate surface area is 222 Å². The number of rotatable bonds is 6. The maximum atomic E-state index is 15.1. The number of halogens is 4. The van der Waals surface area contributed by atoms with Crippen molar-refractivity contribution in [3.8, 4) is 6.07 Å². The number of hydrogen-bond donors (Lipinski definition) is 1. The summed E-state index contributed by atoms with van der Waals surface area (Å²) >= 11 is 6.15. The fourth-order valence-electron chi connectivity index (χ4n) is 5.06. The monoisotopic (exact) mass is 547 g/mol. The van der Waals surface area contributed by atoms with Gasteiger partial charge < -0.3 is 15.1 Å². The van der Waals surface area contributed by atoms with Crippen LogP contribution in [0.5, 0.6) is 0 Å². The van der Waals surface area contributed by atoms with E-state index in [2.05, 4.69) is 10.3 Å². The minimum atomic E-state index is -4.10. The summed E-state index contributed by atoms with van der Waals surface area (Å²) < 4.78 is 45.0. The van der Waals surface area contributed by atoms with Crippen LogP contribution in [-0.2, 0) is 25.7 Å². The molecule has 3 amide bonds. The number of carbonyl (C=O) groups is 3. The Morgan fingerprint density at radius 1 is 1.32 bits per heavy atom. The Morgan fingerprint density at radius 3 is 2.63 bits per heavy atom. The van der Waals surface area contributed by atoms with Crippen LogP contribution in [0.1, 0.15) is 37.9 Å². The number of carbonyl (C=O) groups excluding carboxylic acids is 3. The number of fused-ring (bicyclic) bond motifs is 2. The summed E-state index contributed by atoms with van der Waals surface area (Å²) in [5.41, 5.74) is -3.20. The van der Waals surface area contributed by atoms with Gasteiger partial charge in [0.05, 0.1) is 11.5 Å². The van der Waals surface area contributed by atoms with Gasteiger partial charge in [0.25, 0.3) is 5.91 Å². The van der Waals surface area contributed by atoms with E-state index >= 15 is 8.78 Å². The van der Waals surface area contributed by atoms with Gasteiger partial charge in [0, 0.05) is 43.3 Å². The summed E-state index contributed by atoms with van der Waals surface area (Å²) in [5, 5.41) is 13.0. The van der Waals surface area contributed by atoms with Crippen LogP contribution in [0.15, 0.2) is 42.6 Å². The largest absolute Gasteiger partial charge is 0.366 e. The Kier molecular flexibility index (Phi) is 6.91. The zero-order chi connectivity index (χ0) is 28.0. The third-order valence-corrected chi connectivity index (χ3v) is 7.21. The second-order valence-electron chi connectivity index (χ2n) is 10.2. The highest BCUT2D eigenvalue weighted by molar-refractivity contribution is 6.31. The van der Waals surface area contributed by atoms with E-state index in [0.717, 1.165) is 38.1 Å². The van der Waals surface area contributed by atoms with Gasteiger partial charge in [-0.15, -0.1) is 0 Å². The maximum Gasteiger partial charge on any atom is 0.366 e. The van der Waals surface area contributed by atoms with Crippen molar-refractivity contribution in [2.75, 3.05) is 18.9 Å². The molecule has 2 aliphatic rings. The predicted molar refractivity (Wildman–Crippen MR) is 132 cm³/mol. The first-order valence-electron chi connectivity index (χ1n) is 11.8. The lowest BCUT2D eigenvalue weighted by atomic mass is 9.80. The zero-order valence-corrected chi connectivity index (χ0v) is 21.6. The number of alkyl halides is 3. The number of nitriles is 1. The second kappa shape index (κ2) is 9.58. The first-order chi connectivity index (χ1) is 17.7. The summed E-state index contributed by atoms with van der Waals surface area (Å²) in [6.45, 7) is 2.03. The van der Waals surface area contributed by atoms with Crippen molar-refractivity contribution >= 4 is 35.0 Å². The molecule has 4 rings (SSSR count). The molecule has 0 bridgehead atoms. The fraction of sp³-hybridized carbons (Fsp3) is 0.423. The van der Waals surface area contributed by atoms with E-state index in [-0.39, 0.29) is 13.0 Å². The van der Waals surface area contributed by atoms with Gasteiger partial charge in [-0.3, -0.25) is 19.4 Å². The second-order valence-corrected chi connectivity index (χ2v) is 10.6. The van der Waals surface area contributed by atoms with Gasteiger partial charge in [0.2, 0.25) is 11.8 Å². The van der Waals surface area contributed by atoms with E-state index in [4.69, 9.17) is 11.6 Å². The fourth-order valence-corrected chi connectivity index (χ4v) is 5.23. The molecule has 3 atom stereocenters. The van der Waals surface area contributed by atoms with Gasteiger partial charge in [-0.05, 0) is 49.7 Å². The van der Waals surface area contributed by atoms with E-state index in [1.807, 2.05) is 6.07 Å². The van der Waals surface area contributed by atoms with Crippen LogP contribution in [0.25, 0.3) is 0 Å². The number of amides is 3. The van der Waals surface area contributed by atoms with Crippen molar-refractivity contribution in [1.82, 2.24) is 14.8 Å². The molecule has 0 aliphatic carbocycles. The maximum absolute atomic E-state index is 15.1. The van der Waals surface area contributed by atoms with E-state index < -0.39 is 58.9 Å². The van der Waals surface area contributed by atoms with Gasteiger partial charge in [-0.25, -0.2) is 4.39 Å². The standard InChI is InChI=1S/C26H25ClF3N5O3/c1-24(2,28)12-19(34(3)23(38)26(29,30)20-6-4-5-9-32-20)21(36)35-14-25(11-16(35)13-31)17-10-15(27)7-8-18(17)33-22(25)37/h4-10,16,19H,11-12,14H2,1-3H3,(H,33,37)/t16-,19-,25-/m0/s1. The molecule has 1 aromatic carbocycles. The number of benzene rings is 1. The van der Waals surface area contributed by atoms with Crippen molar-refractivity contribution in [2.45, 2.75) is 55.8 Å². The normalized spacial score (nSPS) is 21.6. The van der Waals surface area contributed by atoms with Crippen LogP contribution in [0.3, 0.4) is 0 Å². The van der Waals surface area contributed by atoms with Gasteiger partial charge >= 0.3 is 5.92 Å². The number of nitrogens with zero attached hydrogens (tertiary/aromatic N) is 4. The first kappa shape index (κ1) is 27.4. The molecule has 0 radical (unpaired) electrons. The molecule has 2 aliphatic heterocycles. The quantitative estimate of drug-likeness (QED) is 0.592. The molecule has 12 heteroatoms. The van der Waals surface area contributed by atoms with Crippen molar-refractivity contribution in [3.63, 3.8) is 0 Å². The summed E-state index contributed by atoms with van der Waals surface area (Å²) in [4.78, 5) is 45.0. The average molecular weight is 548 g/mol. The van der Waals surface area contributed by atoms with E-state index in [9.17, 15) is 24.0 Å². The van der Waals surface area contributed by atoms with Crippen LogP contribution in [-0.4, -0.2) is 63.9 Å². The van der Waals surface area contributed by atoms with Crippen LogP contribution in [0.4, 0.5) is 18.9 Å². The summed E-state index contributed by atoms with van der Waals surface area (Å²) in [6, 6.07) is 7.59. The molecule has 1 N–H and O–H groups in total. The molecule has 1 spiro atoms. The molecule has 38 heavy (non-hydrogen) atoms. The van der Waals surface area contributed by atoms with Gasteiger partial charge in [0.1, 0.15) is 23.4 Å². The Morgan fingerprint density at radius 2 is 2.03 bits per heavy atom. The van der Waals surface area contributed by atoms with Crippen molar-refractivity contribution in [2.24, 2.45) is 0 Å². The van der Waals surface area contributed by atoms with Crippen molar-refractivity contribution in [3.05, 3.63) is 58.9 Å². The molecule has 1 aromatic heterocycles. The highest BCUT2D eigenvalue weighted by atomic mass is 35.5. The Hall–Kier alpha value is -3.65. The van der Waals surface area contributed by atoms with Crippen LogP contribution in [0.2, 0.25) is 5.02 Å². The van der Waals surface area contributed by atoms with E-state index in [1.165, 1.54) is 12.1 Å². The third-order valence-electron chi connectivity index (χ3n) is 6.98. The molecule has 200 valence electrons. The Balaban J connectivity index is 1.70. The van der Waals surface area contributed by atoms with Crippen molar-refractivity contribution in [1.29, 1.82) is 5.26 Å². The van der Waals surface area contributed by atoms with Gasteiger partial charge in [-0.2, -0.15) is 14.0 Å². The molecular weight excluding hydrogens is 523 g/mol. The number of pyridine rings is 1. The SMILES string of the molecule is CN(C(=O)C(F)(F)c1ccccn1)[C@@H](CC(C)(C)F)C(=O)N1C[C@]2(C[C@H]1C#N)C(=O)Nc1ccc(Cl)cc12. The summed E-state index contributed by atoms with van der Waals surface area (Å²) in [7, 11) is 0.984. The lowest BCUT2D eigenvalue weighted by Crippen LogP contribution is -2.55. The van der Waals surface area contributed by atoms with Crippen molar-refractivity contribution < 1.29 is 27.6 Å². The molecule has 0 unspecified atom stereocenters. The van der Waals surface area contributed by atoms with E-state index in [1.54, 1.807) is 18.2 Å². The van der Waals surface area contributed by atoms with Crippen LogP contribution >= 0.6 is 11.6 Å². The number of aromatic nitrogens is 1. The highest BCUT2D eigenvalue weighted by Gasteiger charge is 2.57. The molecule has 1 fully saturated rings. The molecule has 8 nitrogen and oxygen atoms in total. The number of likely N-dealkylation sites (tertiary alicyclic amines) is 1. The van der Waals surface area contributed by atoms with Crippen LogP contribution in [0, 0.1) is 11.3 Å². The van der Waals surface area contributed by atoms with Gasteiger partial charge in [0.15, 0.2) is 0 Å². The summed E-state index contributed by atoms with van der Waals surface area (Å²) in [5.74, 6) is -7.22. The topological polar surface area (TPSA) is 106 Å². The number of hydrogen-bond acceptors (Lipinski definition) is 5. The summed E-state index contributed by atoms with van der Waals surface area (Å²) in [6.07, 6.45) is 0.395. The first-order valence-corrected chi connectivity index (χ1v) is 12.2. The number of likely N-dealkylation sites (N-methyl/N-ethyl adjacent to an activating group) is 1. The number of anilines is 1. The molecule has 2 aromatic rings. The Bertz CT molecular complexity index is 1330. The lowest BCUT2D eigenvalue weighted by Gasteiger charge is -2.35. The lowest BCUT2D eigenvalue weighted by molar-refractivity contribution is -0.165. The van der Waals surface area contributed by atoms with E-state index in [0.29, 0.717) is 21.2 Å². The molecule has 3 heterocycles. The predicted octanol–water partition coefficient (Wildman–Crippen LogP) is 3.81. The smallest absolute Gasteiger partial charge is 0.328 e. The highest BCUT2D eigenvalue weighted by Crippen LogP contribution is 2.47. The average Bonchev–Trinajstić information content (AvgIpc) is 3.39.